The number of rotatable bonds is 0. The molecule has 0 bridgehead atoms. The molecule has 0 saturated heterocycles. The maximum Gasteiger partial charge on any atom is 0.0873 e. The van der Waals surface area contributed by atoms with Gasteiger partial charge in [-0.1, -0.05) is 27.2 Å². The summed E-state index contributed by atoms with van der Waals surface area (Å²) in [4.78, 5) is 0. The quantitative estimate of drug-likeness (QED) is 0.535. The predicted molar refractivity (Wildman–Crippen MR) is 50.8 cm³/mol. The maximum absolute atomic E-state index is 8.66. The Hall–Kier alpha value is -0.830. The molecular weight excluding hydrogens is 218 g/mol. The highest BCUT2D eigenvalue weighted by Gasteiger charge is 2.17. The summed E-state index contributed by atoms with van der Waals surface area (Å²) in [7, 11) is 0. The Balaban J connectivity index is 2.55. The molecule has 2 rings (SSSR count). The van der Waals surface area contributed by atoms with Crippen molar-refractivity contribution in [2.75, 3.05) is 0 Å². The van der Waals surface area contributed by atoms with Crippen LogP contribution >= 0.6 is 15.9 Å². The molecule has 0 radical (unpaired) electrons. The highest BCUT2D eigenvalue weighted by Crippen LogP contribution is 2.25. The van der Waals surface area contributed by atoms with Gasteiger partial charge >= 0.3 is 0 Å². The molecule has 3 heteroatoms. The predicted octanol–water partition coefficient (Wildman–Crippen LogP) is 2.57. The average molecular weight is 226 g/mol. The fourth-order valence-electron chi connectivity index (χ4n) is 1.54. The van der Waals surface area contributed by atoms with Crippen LogP contribution in [0.5, 0.6) is 0 Å². The number of aryl methyl sites for hydroxylation is 1. The summed E-state index contributed by atoms with van der Waals surface area (Å²) in [5.41, 5.74) is 3.15. The smallest absolute Gasteiger partial charge is 0.0873 e. The lowest BCUT2D eigenvalue weighted by atomic mass is 10.1. The van der Waals surface area contributed by atoms with Gasteiger partial charge in [-0.2, -0.15) is 0 Å². The van der Waals surface area contributed by atoms with Crippen LogP contribution in [0.15, 0.2) is 27.8 Å². The molecule has 12 heavy (non-hydrogen) atoms. The summed E-state index contributed by atoms with van der Waals surface area (Å²) in [5.74, 6) is 0. The van der Waals surface area contributed by atoms with Crippen LogP contribution in [-0.2, 0) is 6.42 Å². The third-order valence-electron chi connectivity index (χ3n) is 2.13. The molecule has 0 heterocycles. The Kier molecular flexibility index (Phi) is 1.89. The van der Waals surface area contributed by atoms with Crippen LogP contribution in [0, 0.1) is 0 Å². The van der Waals surface area contributed by atoms with E-state index < -0.39 is 0 Å². The number of oxime groups is 1. The highest BCUT2D eigenvalue weighted by atomic mass is 79.9. The number of fused-ring (bicyclic) bond motifs is 1. The topological polar surface area (TPSA) is 32.6 Å². The Labute approximate surface area is 79.0 Å². The fourth-order valence-corrected chi connectivity index (χ4v) is 1.95. The van der Waals surface area contributed by atoms with Gasteiger partial charge in [-0.3, -0.25) is 0 Å². The van der Waals surface area contributed by atoms with E-state index in [4.69, 9.17) is 5.21 Å². The minimum Gasteiger partial charge on any atom is -0.411 e. The van der Waals surface area contributed by atoms with Crippen molar-refractivity contribution < 1.29 is 5.21 Å². The van der Waals surface area contributed by atoms with Crippen molar-refractivity contribution in [1.29, 1.82) is 0 Å². The molecule has 1 aromatic rings. The molecule has 0 saturated carbocycles. The van der Waals surface area contributed by atoms with Crippen molar-refractivity contribution in [1.82, 2.24) is 0 Å². The third kappa shape index (κ3) is 1.14. The molecule has 2 nitrogen and oxygen atoms in total. The van der Waals surface area contributed by atoms with Gasteiger partial charge in [-0.15, -0.1) is 0 Å². The molecule has 0 aliphatic heterocycles. The lowest BCUT2D eigenvalue weighted by Gasteiger charge is -1.97. The van der Waals surface area contributed by atoms with Gasteiger partial charge in [0.15, 0.2) is 0 Å². The summed E-state index contributed by atoms with van der Waals surface area (Å²) < 4.78 is 1.08. The monoisotopic (exact) mass is 225 g/mol. The van der Waals surface area contributed by atoms with Gasteiger partial charge in [0.05, 0.1) is 5.71 Å². The summed E-state index contributed by atoms with van der Waals surface area (Å²) in [6, 6.07) is 6.03. The van der Waals surface area contributed by atoms with Gasteiger partial charge < -0.3 is 5.21 Å². The van der Waals surface area contributed by atoms with E-state index in [9.17, 15) is 0 Å². The first kappa shape index (κ1) is 7.80. The van der Waals surface area contributed by atoms with Crippen molar-refractivity contribution in [2.45, 2.75) is 12.8 Å². The zero-order valence-electron chi connectivity index (χ0n) is 6.42. The average Bonchev–Trinajstić information content (AvgIpc) is 2.46. The molecule has 0 atom stereocenters. The van der Waals surface area contributed by atoms with E-state index >= 15 is 0 Å². The van der Waals surface area contributed by atoms with E-state index in [0.717, 1.165) is 28.6 Å². The zero-order valence-corrected chi connectivity index (χ0v) is 8.00. The maximum atomic E-state index is 8.66. The molecule has 0 aromatic heterocycles. The van der Waals surface area contributed by atoms with E-state index in [-0.39, 0.29) is 0 Å². The van der Waals surface area contributed by atoms with Gasteiger partial charge in [0.1, 0.15) is 0 Å². The Morgan fingerprint density at radius 2 is 2.17 bits per heavy atom. The van der Waals surface area contributed by atoms with E-state index in [1.54, 1.807) is 0 Å². The molecule has 0 fully saturated rings. The van der Waals surface area contributed by atoms with Crippen LogP contribution in [0.3, 0.4) is 0 Å². The summed E-state index contributed by atoms with van der Waals surface area (Å²) >= 11 is 3.40. The first-order chi connectivity index (χ1) is 5.81. The van der Waals surface area contributed by atoms with Crippen molar-refractivity contribution in [3.8, 4) is 0 Å². The van der Waals surface area contributed by atoms with E-state index in [0.29, 0.717) is 0 Å². The molecule has 0 spiro atoms. The van der Waals surface area contributed by atoms with E-state index in [1.165, 1.54) is 5.56 Å². The van der Waals surface area contributed by atoms with Crippen LogP contribution in [0.2, 0.25) is 0 Å². The van der Waals surface area contributed by atoms with E-state index in [2.05, 4.69) is 27.2 Å². The number of halogens is 1. The van der Waals surface area contributed by atoms with Gasteiger partial charge in [-0.05, 0) is 30.5 Å². The van der Waals surface area contributed by atoms with Crippen LogP contribution in [0.4, 0.5) is 0 Å². The number of hydrogen-bond donors (Lipinski definition) is 1. The Morgan fingerprint density at radius 1 is 1.33 bits per heavy atom. The second kappa shape index (κ2) is 2.90. The summed E-state index contributed by atoms with van der Waals surface area (Å²) in [6.45, 7) is 0. The van der Waals surface area contributed by atoms with Crippen molar-refractivity contribution in [3.63, 3.8) is 0 Å². The molecule has 1 aliphatic rings. The Morgan fingerprint density at radius 3 is 2.92 bits per heavy atom. The normalized spacial score (nSPS) is 18.2. The molecule has 0 unspecified atom stereocenters. The van der Waals surface area contributed by atoms with E-state index in [1.807, 2.05) is 12.1 Å². The van der Waals surface area contributed by atoms with Crippen LogP contribution in [0.1, 0.15) is 17.5 Å². The summed E-state index contributed by atoms with van der Waals surface area (Å²) in [6.07, 6.45) is 1.83. The number of nitrogens with zero attached hydrogens (tertiary/aromatic N) is 1. The minimum absolute atomic E-state index is 0.803. The van der Waals surface area contributed by atoms with Crippen molar-refractivity contribution >= 4 is 21.6 Å². The third-order valence-corrected chi connectivity index (χ3v) is 2.62. The molecule has 1 N–H and O–H groups in total. The lowest BCUT2D eigenvalue weighted by molar-refractivity contribution is 0.318. The standard InChI is InChI=1S/C9H8BrNO/c10-7-2-3-8-6(5-7)1-4-9(8)11-12/h2-3,5,12H,1,4H2/b11-9-. The number of hydrogen-bond acceptors (Lipinski definition) is 2. The molecule has 62 valence electrons. The highest BCUT2D eigenvalue weighted by molar-refractivity contribution is 9.10. The lowest BCUT2D eigenvalue weighted by Crippen LogP contribution is -1.92. The Bertz CT molecular complexity index is 346. The second-order valence-corrected chi connectivity index (χ2v) is 3.76. The molecule has 1 aromatic carbocycles. The SMILES string of the molecule is O/N=C1/CCc2cc(Br)ccc21. The van der Waals surface area contributed by atoms with Crippen molar-refractivity contribution in [2.24, 2.45) is 5.16 Å². The second-order valence-electron chi connectivity index (χ2n) is 2.85. The van der Waals surface area contributed by atoms with Gasteiger partial charge in [0.2, 0.25) is 0 Å². The van der Waals surface area contributed by atoms with Gasteiger partial charge in [0, 0.05) is 10.0 Å². The zero-order chi connectivity index (χ0) is 8.55. The molecule has 0 amide bonds. The van der Waals surface area contributed by atoms with Crippen LogP contribution in [0.25, 0.3) is 0 Å². The first-order valence-electron chi connectivity index (χ1n) is 3.81. The van der Waals surface area contributed by atoms with Crippen LogP contribution in [-0.4, -0.2) is 10.9 Å². The molecular formula is C9H8BrNO. The van der Waals surface area contributed by atoms with Gasteiger partial charge in [0.25, 0.3) is 0 Å². The van der Waals surface area contributed by atoms with Gasteiger partial charge in [-0.25, -0.2) is 0 Å². The fraction of sp³-hybridized carbons (Fsp3) is 0.222. The number of benzene rings is 1. The largest absolute Gasteiger partial charge is 0.411 e. The first-order valence-corrected chi connectivity index (χ1v) is 4.60. The van der Waals surface area contributed by atoms with Crippen molar-refractivity contribution in [3.05, 3.63) is 33.8 Å². The summed E-state index contributed by atoms with van der Waals surface area (Å²) in [5, 5.41) is 11.9. The molecule has 1 aliphatic carbocycles. The minimum atomic E-state index is 0.803. The van der Waals surface area contributed by atoms with Crippen LogP contribution < -0.4 is 0 Å².